The minimum absolute atomic E-state index is 0.0376. The Morgan fingerprint density at radius 3 is 2.03 bits per heavy atom. The molecule has 0 fully saturated rings. The first-order chi connectivity index (χ1) is 18.2. The Balaban J connectivity index is 3.06. The van der Waals surface area contributed by atoms with Crippen molar-refractivity contribution < 1.29 is 39.3 Å². The van der Waals surface area contributed by atoms with Gasteiger partial charge >= 0.3 is 5.97 Å². The Morgan fingerprint density at radius 1 is 0.923 bits per heavy atom. The molecule has 216 valence electrons. The van der Waals surface area contributed by atoms with Crippen LogP contribution in [-0.4, -0.2) is 87.7 Å². The Bertz CT molecular complexity index is 1040. The number of carboxylic acids is 1. The Hall–Kier alpha value is -4.44. The fourth-order valence-corrected chi connectivity index (χ4v) is 3.35. The molecule has 0 aliphatic rings. The normalized spacial score (nSPS) is 14.5. The van der Waals surface area contributed by atoms with Crippen molar-refractivity contribution in [1.29, 1.82) is 0 Å². The third-order valence-corrected chi connectivity index (χ3v) is 5.39. The van der Waals surface area contributed by atoms with Crippen LogP contribution in [0, 0.1) is 0 Å². The fourth-order valence-electron chi connectivity index (χ4n) is 3.35. The largest absolute Gasteiger partial charge is 0.508 e. The lowest BCUT2D eigenvalue weighted by Gasteiger charge is -2.26. The number of carbonyl (C=O) groups is 5. The maximum absolute atomic E-state index is 13.2. The molecule has 0 aromatic heterocycles. The number of hydrogen-bond acceptors (Lipinski definition) is 9. The van der Waals surface area contributed by atoms with Crippen LogP contribution in [0.25, 0.3) is 0 Å². The van der Waals surface area contributed by atoms with E-state index in [1.165, 1.54) is 31.2 Å². The first-order valence-corrected chi connectivity index (χ1v) is 11.9. The Labute approximate surface area is 224 Å². The quantitative estimate of drug-likeness (QED) is 0.0537. The van der Waals surface area contributed by atoms with Gasteiger partial charge in [-0.05, 0) is 37.5 Å². The Kier molecular flexibility index (Phi) is 13.1. The lowest BCUT2D eigenvalue weighted by molar-refractivity contribution is -0.143. The second-order valence-corrected chi connectivity index (χ2v) is 8.78. The molecule has 0 aliphatic heterocycles. The van der Waals surface area contributed by atoms with E-state index in [1.807, 2.05) is 0 Å². The van der Waals surface area contributed by atoms with E-state index < -0.39 is 66.3 Å². The van der Waals surface area contributed by atoms with E-state index >= 15 is 0 Å². The highest BCUT2D eigenvalue weighted by Crippen LogP contribution is 2.12. The first kappa shape index (κ1) is 32.6. The molecule has 5 unspecified atom stereocenters. The van der Waals surface area contributed by atoms with Gasteiger partial charge in [-0.3, -0.25) is 24.2 Å². The Morgan fingerprint density at radius 2 is 1.51 bits per heavy atom. The van der Waals surface area contributed by atoms with Crippen molar-refractivity contribution in [2.75, 3.05) is 6.54 Å². The molecule has 1 rings (SSSR count). The highest BCUT2D eigenvalue weighted by atomic mass is 16.4. The van der Waals surface area contributed by atoms with Gasteiger partial charge in [0.2, 0.25) is 23.6 Å². The smallest absolute Gasteiger partial charge is 0.326 e. The van der Waals surface area contributed by atoms with Crippen molar-refractivity contribution >= 4 is 35.6 Å². The first-order valence-electron chi connectivity index (χ1n) is 11.9. The number of aromatic hydroxyl groups is 1. The average Bonchev–Trinajstić information content (AvgIpc) is 2.83. The van der Waals surface area contributed by atoms with Crippen LogP contribution in [0.4, 0.5) is 0 Å². The van der Waals surface area contributed by atoms with Crippen LogP contribution in [0.3, 0.4) is 0 Å². The fraction of sp³-hybridized carbons (Fsp3) is 0.478. The summed E-state index contributed by atoms with van der Waals surface area (Å²) in [5, 5.41) is 36.1. The van der Waals surface area contributed by atoms with Gasteiger partial charge in [0.1, 0.15) is 23.9 Å². The van der Waals surface area contributed by atoms with Crippen molar-refractivity contribution in [3.05, 3.63) is 29.8 Å². The molecule has 1 aromatic rings. The van der Waals surface area contributed by atoms with Crippen LogP contribution in [0.15, 0.2) is 29.3 Å². The zero-order chi connectivity index (χ0) is 29.7. The molecule has 0 bridgehead atoms. The summed E-state index contributed by atoms with van der Waals surface area (Å²) in [6.45, 7) is 1.32. The van der Waals surface area contributed by atoms with E-state index in [1.54, 1.807) is 0 Å². The van der Waals surface area contributed by atoms with E-state index in [0.717, 1.165) is 0 Å². The molecule has 0 heterocycles. The van der Waals surface area contributed by atoms with Crippen LogP contribution < -0.4 is 38.9 Å². The number of guanidine groups is 1. The van der Waals surface area contributed by atoms with Gasteiger partial charge in [0.05, 0.1) is 18.6 Å². The number of aliphatic hydroxyl groups is 1. The number of nitrogens with two attached hydrogens (primary N) is 4. The number of nitrogens with one attached hydrogen (secondary N) is 3. The second-order valence-electron chi connectivity index (χ2n) is 8.78. The number of carboxylic acid groups (broad SMARTS) is 1. The number of rotatable bonds is 16. The van der Waals surface area contributed by atoms with E-state index in [0.29, 0.717) is 5.56 Å². The second kappa shape index (κ2) is 15.7. The minimum Gasteiger partial charge on any atom is -0.508 e. The highest BCUT2D eigenvalue weighted by molar-refractivity contribution is 5.95. The number of phenolic OH excluding ortho intramolecular Hbond substituents is 1. The molecule has 0 radical (unpaired) electrons. The van der Waals surface area contributed by atoms with E-state index in [2.05, 4.69) is 20.9 Å². The topological polar surface area (TPSA) is 299 Å². The highest BCUT2D eigenvalue weighted by Gasteiger charge is 2.33. The van der Waals surface area contributed by atoms with E-state index in [-0.39, 0.29) is 37.5 Å². The van der Waals surface area contributed by atoms with Crippen LogP contribution in [-0.2, 0) is 30.4 Å². The van der Waals surface area contributed by atoms with Crippen LogP contribution in [0.1, 0.15) is 31.7 Å². The van der Waals surface area contributed by atoms with Crippen molar-refractivity contribution in [2.45, 2.75) is 62.9 Å². The number of aliphatic hydroxyl groups excluding tert-OH is 1. The molecule has 16 nitrogen and oxygen atoms in total. The molecule has 14 N–H and O–H groups in total. The molecule has 0 saturated heterocycles. The molecule has 5 atom stereocenters. The summed E-state index contributed by atoms with van der Waals surface area (Å²) in [5.41, 5.74) is 21.7. The predicted molar refractivity (Wildman–Crippen MR) is 139 cm³/mol. The number of aliphatic carboxylic acids is 1. The maximum atomic E-state index is 13.2. The molecule has 0 saturated carbocycles. The zero-order valence-corrected chi connectivity index (χ0v) is 21.4. The summed E-state index contributed by atoms with van der Waals surface area (Å²) in [6.07, 6.45) is -1.91. The summed E-state index contributed by atoms with van der Waals surface area (Å²) in [7, 11) is 0. The van der Waals surface area contributed by atoms with Crippen molar-refractivity contribution in [3.63, 3.8) is 0 Å². The summed E-state index contributed by atoms with van der Waals surface area (Å²) in [5.74, 6) is -5.19. The summed E-state index contributed by atoms with van der Waals surface area (Å²) < 4.78 is 0. The number of phenols is 1. The summed E-state index contributed by atoms with van der Waals surface area (Å²) >= 11 is 0. The van der Waals surface area contributed by atoms with E-state index in [9.17, 15) is 39.3 Å². The third-order valence-electron chi connectivity index (χ3n) is 5.39. The van der Waals surface area contributed by atoms with Gasteiger partial charge < -0.3 is 54.2 Å². The summed E-state index contributed by atoms with van der Waals surface area (Å²) in [4.78, 5) is 65.0. The number of benzene rings is 1. The zero-order valence-electron chi connectivity index (χ0n) is 21.4. The lowest BCUT2D eigenvalue weighted by atomic mass is 10.0. The van der Waals surface area contributed by atoms with Gasteiger partial charge in [-0.15, -0.1) is 0 Å². The van der Waals surface area contributed by atoms with Gasteiger partial charge in [0, 0.05) is 13.0 Å². The van der Waals surface area contributed by atoms with Gasteiger partial charge in [0.25, 0.3) is 0 Å². The molecule has 1 aromatic carbocycles. The lowest BCUT2D eigenvalue weighted by Crippen LogP contribution is -2.60. The molecular formula is C23H36N8O8. The van der Waals surface area contributed by atoms with E-state index in [4.69, 9.17) is 22.9 Å². The maximum Gasteiger partial charge on any atom is 0.326 e. The SMILES string of the molecule is CC(O)C(NC(=O)C(Cc1ccc(O)cc1)NC(=O)C(N)CC(N)=O)C(=O)NC(CCCN=C(N)N)C(=O)O. The number of amides is 4. The van der Waals surface area contributed by atoms with Crippen LogP contribution in [0.5, 0.6) is 5.75 Å². The van der Waals surface area contributed by atoms with Crippen molar-refractivity contribution in [2.24, 2.45) is 27.9 Å². The average molecular weight is 553 g/mol. The monoisotopic (exact) mass is 552 g/mol. The van der Waals surface area contributed by atoms with Gasteiger partial charge in [-0.1, -0.05) is 12.1 Å². The van der Waals surface area contributed by atoms with Gasteiger partial charge in [0.15, 0.2) is 5.96 Å². The van der Waals surface area contributed by atoms with Crippen LogP contribution >= 0.6 is 0 Å². The van der Waals surface area contributed by atoms with Gasteiger partial charge in [-0.2, -0.15) is 0 Å². The molecule has 4 amide bonds. The standard InChI is InChI=1S/C23H36N8O8/c1-11(32)18(21(37)29-15(22(38)39)3-2-8-28-23(26)27)31-20(36)16(9-12-4-6-13(33)7-5-12)30-19(35)14(24)10-17(25)34/h4-7,11,14-16,18,32-33H,2-3,8-10,24H2,1H3,(H2,25,34)(H,29,37)(H,30,35)(H,31,36)(H,38,39)(H4,26,27,28). The molecule has 16 heteroatoms. The summed E-state index contributed by atoms with van der Waals surface area (Å²) in [6, 6.07) is 0.0216. The van der Waals surface area contributed by atoms with Crippen molar-refractivity contribution in [3.8, 4) is 5.75 Å². The van der Waals surface area contributed by atoms with Crippen molar-refractivity contribution in [1.82, 2.24) is 16.0 Å². The number of primary amides is 1. The molecule has 0 spiro atoms. The molecule has 0 aliphatic carbocycles. The predicted octanol–water partition coefficient (Wildman–Crippen LogP) is -3.89. The van der Waals surface area contributed by atoms with Crippen LogP contribution in [0.2, 0.25) is 0 Å². The number of nitrogens with zero attached hydrogens (tertiary/aromatic N) is 1. The number of carbonyl (C=O) groups excluding carboxylic acids is 4. The van der Waals surface area contributed by atoms with Gasteiger partial charge in [-0.25, -0.2) is 4.79 Å². The number of aliphatic imine (C=N–C) groups is 1. The molecule has 39 heavy (non-hydrogen) atoms. The number of hydrogen-bond donors (Lipinski definition) is 10. The minimum atomic E-state index is -1.60. The molecular weight excluding hydrogens is 516 g/mol. The third kappa shape index (κ3) is 12.1.